The van der Waals surface area contributed by atoms with Crippen LogP contribution in [0.3, 0.4) is 0 Å². The van der Waals surface area contributed by atoms with E-state index in [0.717, 1.165) is 28.6 Å². The van der Waals surface area contributed by atoms with Gasteiger partial charge < -0.3 is 5.32 Å². The number of aromatic nitrogens is 2. The van der Waals surface area contributed by atoms with E-state index in [1.165, 1.54) is 25.7 Å². The Morgan fingerprint density at radius 2 is 1.92 bits per heavy atom. The number of hydrogen-bond donors (Lipinski definition) is 2. The van der Waals surface area contributed by atoms with E-state index in [1.54, 1.807) is 6.20 Å². The first-order valence-electron chi connectivity index (χ1n) is 8.62. The maximum atomic E-state index is 12.7. The van der Waals surface area contributed by atoms with Gasteiger partial charge in [-0.15, -0.1) is 0 Å². The van der Waals surface area contributed by atoms with Crippen LogP contribution in [0.1, 0.15) is 36.0 Å². The molecule has 0 aliphatic heterocycles. The van der Waals surface area contributed by atoms with Crippen molar-refractivity contribution in [3.63, 3.8) is 0 Å². The van der Waals surface area contributed by atoms with Crippen molar-refractivity contribution in [3.8, 4) is 11.1 Å². The van der Waals surface area contributed by atoms with Gasteiger partial charge in [-0.05, 0) is 42.0 Å². The predicted molar refractivity (Wildman–Crippen MR) is 95.8 cm³/mol. The van der Waals surface area contributed by atoms with Crippen LogP contribution in [0.2, 0.25) is 0 Å². The van der Waals surface area contributed by atoms with Gasteiger partial charge in [-0.25, -0.2) is 0 Å². The van der Waals surface area contributed by atoms with Crippen molar-refractivity contribution >= 4 is 16.8 Å². The summed E-state index contributed by atoms with van der Waals surface area (Å²) < 4.78 is 0. The molecule has 122 valence electrons. The third-order valence-electron chi connectivity index (χ3n) is 4.93. The van der Waals surface area contributed by atoms with Crippen LogP contribution in [0.4, 0.5) is 0 Å². The lowest BCUT2D eigenvalue weighted by molar-refractivity contribution is 0.0949. The Morgan fingerprint density at radius 1 is 1.12 bits per heavy atom. The zero-order valence-corrected chi connectivity index (χ0v) is 13.6. The van der Waals surface area contributed by atoms with Crippen LogP contribution in [0.25, 0.3) is 22.0 Å². The number of rotatable bonds is 4. The summed E-state index contributed by atoms with van der Waals surface area (Å²) in [4.78, 5) is 12.7. The lowest BCUT2D eigenvalue weighted by Crippen LogP contribution is -2.28. The van der Waals surface area contributed by atoms with E-state index < -0.39 is 0 Å². The molecule has 1 saturated carbocycles. The van der Waals surface area contributed by atoms with E-state index >= 15 is 0 Å². The van der Waals surface area contributed by atoms with E-state index in [-0.39, 0.29) is 5.91 Å². The topological polar surface area (TPSA) is 57.8 Å². The zero-order valence-electron chi connectivity index (χ0n) is 13.6. The summed E-state index contributed by atoms with van der Waals surface area (Å²) in [6.07, 6.45) is 6.80. The molecule has 4 nitrogen and oxygen atoms in total. The van der Waals surface area contributed by atoms with Gasteiger partial charge in [-0.2, -0.15) is 5.10 Å². The summed E-state index contributed by atoms with van der Waals surface area (Å²) in [5.74, 6) is 0.609. The standard InChI is InChI=1S/C20H21N3O/c24-20(21-12-14-6-4-5-7-14)18-11-16(15-8-2-1-3-9-15)10-17-13-22-23-19(17)18/h1-3,8-11,13-14H,4-7,12H2,(H,21,24)(H,22,23). The highest BCUT2D eigenvalue weighted by Crippen LogP contribution is 2.27. The quantitative estimate of drug-likeness (QED) is 0.759. The molecule has 1 aliphatic carbocycles. The Bertz CT molecular complexity index is 848. The molecule has 1 fully saturated rings. The summed E-state index contributed by atoms with van der Waals surface area (Å²) in [6, 6.07) is 14.2. The van der Waals surface area contributed by atoms with Crippen molar-refractivity contribution in [1.82, 2.24) is 15.5 Å². The summed E-state index contributed by atoms with van der Waals surface area (Å²) in [5.41, 5.74) is 3.61. The van der Waals surface area contributed by atoms with Gasteiger partial charge in [0.25, 0.3) is 5.91 Å². The number of carbonyl (C=O) groups is 1. The average molecular weight is 319 g/mol. The van der Waals surface area contributed by atoms with Gasteiger partial charge in [-0.1, -0.05) is 43.2 Å². The van der Waals surface area contributed by atoms with E-state index in [0.29, 0.717) is 11.5 Å². The minimum absolute atomic E-state index is 0.0195. The first kappa shape index (κ1) is 14.9. The van der Waals surface area contributed by atoms with Gasteiger partial charge in [0, 0.05) is 11.9 Å². The zero-order chi connectivity index (χ0) is 16.4. The SMILES string of the molecule is O=C(NCC1CCCC1)c1cc(-c2ccccc2)cc2cn[nH]c12. The van der Waals surface area contributed by atoms with Crippen LogP contribution < -0.4 is 5.32 Å². The molecule has 0 saturated heterocycles. The maximum Gasteiger partial charge on any atom is 0.253 e. The van der Waals surface area contributed by atoms with Crippen LogP contribution in [0.15, 0.2) is 48.7 Å². The molecule has 0 atom stereocenters. The summed E-state index contributed by atoms with van der Waals surface area (Å²) in [6.45, 7) is 0.768. The molecular weight excluding hydrogens is 298 g/mol. The number of hydrogen-bond acceptors (Lipinski definition) is 2. The highest BCUT2D eigenvalue weighted by Gasteiger charge is 2.18. The van der Waals surface area contributed by atoms with Crippen LogP contribution in [0, 0.1) is 5.92 Å². The molecule has 2 N–H and O–H groups in total. The number of benzene rings is 2. The van der Waals surface area contributed by atoms with Crippen LogP contribution >= 0.6 is 0 Å². The monoisotopic (exact) mass is 319 g/mol. The molecule has 4 rings (SSSR count). The summed E-state index contributed by atoms with van der Waals surface area (Å²) >= 11 is 0. The minimum atomic E-state index is -0.0195. The molecule has 1 aliphatic rings. The fourth-order valence-electron chi connectivity index (χ4n) is 3.58. The van der Waals surface area contributed by atoms with Crippen LogP contribution in [0.5, 0.6) is 0 Å². The highest BCUT2D eigenvalue weighted by atomic mass is 16.1. The second-order valence-electron chi connectivity index (χ2n) is 6.58. The number of nitrogens with zero attached hydrogens (tertiary/aromatic N) is 1. The Kier molecular flexibility index (Phi) is 4.03. The lowest BCUT2D eigenvalue weighted by atomic mass is 10.00. The Labute approximate surface area is 141 Å². The minimum Gasteiger partial charge on any atom is -0.352 e. The van der Waals surface area contributed by atoms with Gasteiger partial charge in [0.1, 0.15) is 0 Å². The molecule has 1 amide bonds. The smallest absolute Gasteiger partial charge is 0.253 e. The molecular formula is C20H21N3O. The van der Waals surface area contributed by atoms with Gasteiger partial charge in [0.2, 0.25) is 0 Å². The fraction of sp³-hybridized carbons (Fsp3) is 0.300. The van der Waals surface area contributed by atoms with Crippen LogP contribution in [-0.2, 0) is 0 Å². The van der Waals surface area contributed by atoms with Gasteiger partial charge in [0.15, 0.2) is 0 Å². The molecule has 0 unspecified atom stereocenters. The van der Waals surface area contributed by atoms with E-state index in [9.17, 15) is 4.79 Å². The fourth-order valence-corrected chi connectivity index (χ4v) is 3.58. The van der Waals surface area contributed by atoms with Crippen molar-refractivity contribution in [2.45, 2.75) is 25.7 Å². The molecule has 1 aromatic heterocycles. The van der Waals surface area contributed by atoms with Crippen molar-refractivity contribution in [1.29, 1.82) is 0 Å². The maximum absolute atomic E-state index is 12.7. The number of aromatic amines is 1. The van der Waals surface area contributed by atoms with Gasteiger partial charge in [0.05, 0.1) is 17.3 Å². The molecule has 0 bridgehead atoms. The molecule has 0 radical (unpaired) electrons. The Morgan fingerprint density at radius 3 is 2.71 bits per heavy atom. The third kappa shape index (κ3) is 2.92. The molecule has 0 spiro atoms. The second kappa shape index (κ2) is 6.48. The number of nitrogens with one attached hydrogen (secondary N) is 2. The third-order valence-corrected chi connectivity index (χ3v) is 4.93. The van der Waals surface area contributed by atoms with Gasteiger partial charge >= 0.3 is 0 Å². The lowest BCUT2D eigenvalue weighted by Gasteiger charge is -2.12. The summed E-state index contributed by atoms with van der Waals surface area (Å²) in [5, 5.41) is 11.2. The predicted octanol–water partition coefficient (Wildman–Crippen LogP) is 4.15. The normalized spacial score (nSPS) is 15.0. The number of carbonyl (C=O) groups excluding carboxylic acids is 1. The van der Waals surface area contributed by atoms with Crippen molar-refractivity contribution in [2.24, 2.45) is 5.92 Å². The number of fused-ring (bicyclic) bond motifs is 1. The second-order valence-corrected chi connectivity index (χ2v) is 6.58. The first-order valence-corrected chi connectivity index (χ1v) is 8.62. The van der Waals surface area contributed by atoms with Gasteiger partial charge in [-0.3, -0.25) is 9.89 Å². The Balaban J connectivity index is 1.65. The average Bonchev–Trinajstić information content (AvgIpc) is 3.31. The molecule has 3 aromatic rings. The van der Waals surface area contributed by atoms with E-state index in [2.05, 4.69) is 33.7 Å². The van der Waals surface area contributed by atoms with E-state index in [1.807, 2.05) is 24.3 Å². The largest absolute Gasteiger partial charge is 0.352 e. The highest BCUT2D eigenvalue weighted by molar-refractivity contribution is 6.07. The molecule has 24 heavy (non-hydrogen) atoms. The molecule has 2 aromatic carbocycles. The summed E-state index contributed by atoms with van der Waals surface area (Å²) in [7, 11) is 0. The molecule has 4 heteroatoms. The van der Waals surface area contributed by atoms with E-state index in [4.69, 9.17) is 0 Å². The number of H-pyrrole nitrogens is 1. The first-order chi connectivity index (χ1) is 11.8. The van der Waals surface area contributed by atoms with Crippen molar-refractivity contribution < 1.29 is 4.79 Å². The molecule has 1 heterocycles. The van der Waals surface area contributed by atoms with Crippen molar-refractivity contribution in [3.05, 3.63) is 54.2 Å². The number of amides is 1. The van der Waals surface area contributed by atoms with Crippen LogP contribution in [-0.4, -0.2) is 22.6 Å². The Hall–Kier alpha value is -2.62. The van der Waals surface area contributed by atoms with Crippen molar-refractivity contribution in [2.75, 3.05) is 6.54 Å².